The van der Waals surface area contributed by atoms with E-state index >= 15 is 0 Å². The van der Waals surface area contributed by atoms with Gasteiger partial charge in [0, 0.05) is 44.9 Å². The van der Waals surface area contributed by atoms with Crippen LogP contribution in [0, 0.1) is 5.41 Å². The molecule has 212 valence electrons. The normalized spacial score (nSPS) is 13.6. The zero-order valence-electron chi connectivity index (χ0n) is 24.4. The van der Waals surface area contributed by atoms with E-state index in [1.54, 1.807) is 0 Å². The number of pyridine rings is 2. The summed E-state index contributed by atoms with van der Waals surface area (Å²) >= 11 is 0. The zero-order chi connectivity index (χ0) is 30.2. The van der Waals surface area contributed by atoms with Gasteiger partial charge in [-0.25, -0.2) is 4.98 Å². The Kier molecular flexibility index (Phi) is 6.58. The molecule has 2 N–H and O–H groups in total. The van der Waals surface area contributed by atoms with Crippen molar-refractivity contribution >= 4 is 50.6 Å². The van der Waals surface area contributed by atoms with Gasteiger partial charge in [0.1, 0.15) is 0 Å². The second-order valence-corrected chi connectivity index (χ2v) is 11.1. The number of benzene rings is 5. The first-order chi connectivity index (χ1) is 22.2. The molecule has 7 aromatic rings. The lowest BCUT2D eigenvalue weighted by molar-refractivity contribution is 1.22. The van der Waals surface area contributed by atoms with E-state index in [9.17, 15) is 5.41 Å². The number of hydrogen-bond donors (Lipinski definition) is 2. The van der Waals surface area contributed by atoms with Gasteiger partial charge in [-0.1, -0.05) is 127 Å². The molecule has 3 heterocycles. The van der Waals surface area contributed by atoms with Gasteiger partial charge in [-0.2, -0.15) is 0 Å². The van der Waals surface area contributed by atoms with Crippen molar-refractivity contribution in [3.63, 3.8) is 0 Å². The fourth-order valence-electron chi connectivity index (χ4n) is 6.07. The largest absolute Gasteiger partial charge is 0.354 e. The van der Waals surface area contributed by atoms with E-state index < -0.39 is 0 Å². The lowest BCUT2D eigenvalue weighted by Crippen LogP contribution is -2.20. The third-order valence-corrected chi connectivity index (χ3v) is 8.32. The summed E-state index contributed by atoms with van der Waals surface area (Å²) in [7, 11) is 0. The van der Waals surface area contributed by atoms with Crippen molar-refractivity contribution < 1.29 is 0 Å². The van der Waals surface area contributed by atoms with Crippen molar-refractivity contribution in [1.82, 2.24) is 15.3 Å². The third kappa shape index (κ3) is 4.89. The number of fused-ring (bicyclic) bond motifs is 4. The van der Waals surface area contributed by atoms with Gasteiger partial charge in [0.2, 0.25) is 0 Å². The molecular formula is C41H28N4. The molecule has 0 unspecified atom stereocenters. The molecule has 0 saturated heterocycles. The molecule has 0 saturated carbocycles. The number of nitrogens with one attached hydrogen (secondary N) is 2. The zero-order valence-corrected chi connectivity index (χ0v) is 24.4. The quantitative estimate of drug-likeness (QED) is 0.158. The lowest BCUT2D eigenvalue weighted by Gasteiger charge is -2.27. The molecular weight excluding hydrogens is 548 g/mol. The van der Waals surface area contributed by atoms with Crippen LogP contribution < -0.4 is 5.32 Å². The van der Waals surface area contributed by atoms with E-state index in [2.05, 4.69) is 89.2 Å². The average Bonchev–Trinajstić information content (AvgIpc) is 3.12. The summed E-state index contributed by atoms with van der Waals surface area (Å²) in [5, 5.41) is 15.4. The Hall–Kier alpha value is -6.13. The van der Waals surface area contributed by atoms with Crippen molar-refractivity contribution in [3.8, 4) is 11.3 Å². The molecule has 0 aliphatic carbocycles. The minimum Gasteiger partial charge on any atom is -0.354 e. The molecule has 2 aromatic heterocycles. The van der Waals surface area contributed by atoms with Crippen LogP contribution in [-0.4, -0.2) is 15.7 Å². The maximum absolute atomic E-state index is 9.52. The molecule has 1 aliphatic rings. The Balaban J connectivity index is 1.37. The Labute approximate surface area is 261 Å². The van der Waals surface area contributed by atoms with Gasteiger partial charge in [0.25, 0.3) is 0 Å². The number of aromatic nitrogens is 2. The monoisotopic (exact) mass is 576 g/mol. The molecule has 0 amide bonds. The predicted molar refractivity (Wildman–Crippen MR) is 186 cm³/mol. The van der Waals surface area contributed by atoms with E-state index in [0.29, 0.717) is 5.71 Å². The van der Waals surface area contributed by atoms with E-state index in [-0.39, 0.29) is 0 Å². The first-order valence-corrected chi connectivity index (χ1v) is 15.0. The minimum atomic E-state index is 0.455. The summed E-state index contributed by atoms with van der Waals surface area (Å²) in [4.78, 5) is 9.80. The Morgan fingerprint density at radius 1 is 0.578 bits per heavy atom. The fourth-order valence-corrected chi connectivity index (χ4v) is 6.07. The molecule has 0 fully saturated rings. The molecule has 0 radical (unpaired) electrons. The number of nitrogens with zero attached hydrogens (tertiary/aromatic N) is 2. The maximum atomic E-state index is 9.52. The van der Waals surface area contributed by atoms with Crippen molar-refractivity contribution in [2.75, 3.05) is 0 Å². The van der Waals surface area contributed by atoms with Crippen molar-refractivity contribution in [2.45, 2.75) is 0 Å². The van der Waals surface area contributed by atoms with Crippen molar-refractivity contribution in [3.05, 3.63) is 180 Å². The van der Waals surface area contributed by atoms with Crippen LogP contribution in [0.25, 0.3) is 56.1 Å². The minimum absolute atomic E-state index is 0.455. The second-order valence-electron chi connectivity index (χ2n) is 11.1. The molecule has 0 atom stereocenters. The van der Waals surface area contributed by atoms with Crippen molar-refractivity contribution in [2.24, 2.45) is 0 Å². The van der Waals surface area contributed by atoms with Gasteiger partial charge in [-0.15, -0.1) is 0 Å². The van der Waals surface area contributed by atoms with Gasteiger partial charge in [0.05, 0.1) is 28.1 Å². The first kappa shape index (κ1) is 26.5. The van der Waals surface area contributed by atoms with Crippen LogP contribution in [0.4, 0.5) is 0 Å². The maximum Gasteiger partial charge on any atom is 0.0972 e. The summed E-state index contributed by atoms with van der Waals surface area (Å²) in [6.07, 6.45) is 4.01. The van der Waals surface area contributed by atoms with Gasteiger partial charge in [-0.3, -0.25) is 10.4 Å². The second kappa shape index (κ2) is 11.2. The van der Waals surface area contributed by atoms with Gasteiger partial charge in [-0.05, 0) is 41.0 Å². The van der Waals surface area contributed by atoms with E-state index in [1.165, 1.54) is 0 Å². The Bertz CT molecular complexity index is 2290. The molecule has 45 heavy (non-hydrogen) atoms. The Morgan fingerprint density at radius 2 is 1.24 bits per heavy atom. The van der Waals surface area contributed by atoms with Crippen LogP contribution in [-0.2, 0) is 0 Å². The predicted octanol–water partition coefficient (Wildman–Crippen LogP) is 9.49. The SMILES string of the molecule is N=C(/C(=C1\NC(c2ccccc2)=Cc2ccc(-c3ccc4ccc5cccnc5c4n3)cc21)c1ccccc1)c1ccccc1. The molecule has 0 bridgehead atoms. The highest BCUT2D eigenvalue weighted by molar-refractivity contribution is 6.36. The van der Waals surface area contributed by atoms with Crippen LogP contribution in [0.5, 0.6) is 0 Å². The number of rotatable bonds is 5. The van der Waals surface area contributed by atoms with Crippen LogP contribution in [0.15, 0.2) is 152 Å². The standard InChI is InChI=1S/C41H28N4/c42-38(29-15-8-3-9-16-29)37(28-13-6-2-7-14-28)41-34-25-33(21-20-32(34)26-36(45-41)27-11-4-1-5-12-27)35-23-22-31-19-18-30-17-10-24-43-39(30)40(31)44-35/h1-26,42,45H/b41-37-,42-38?. The van der Waals surface area contributed by atoms with E-state index in [0.717, 1.165) is 77.8 Å². The highest BCUT2D eigenvalue weighted by atomic mass is 14.9. The summed E-state index contributed by atoms with van der Waals surface area (Å²) in [5.74, 6) is 0. The summed E-state index contributed by atoms with van der Waals surface area (Å²) < 4.78 is 0. The summed E-state index contributed by atoms with van der Waals surface area (Å²) in [6, 6.07) is 49.4. The van der Waals surface area contributed by atoms with E-state index in [1.807, 2.05) is 79.0 Å². The third-order valence-electron chi connectivity index (χ3n) is 8.32. The van der Waals surface area contributed by atoms with Crippen LogP contribution in [0.2, 0.25) is 0 Å². The van der Waals surface area contributed by atoms with Gasteiger partial charge >= 0.3 is 0 Å². The topological polar surface area (TPSA) is 61.7 Å². The first-order valence-electron chi connectivity index (χ1n) is 15.0. The van der Waals surface area contributed by atoms with E-state index in [4.69, 9.17) is 4.98 Å². The smallest absolute Gasteiger partial charge is 0.0972 e. The average molecular weight is 577 g/mol. The van der Waals surface area contributed by atoms with Crippen LogP contribution in [0.3, 0.4) is 0 Å². The molecule has 1 aliphatic heterocycles. The van der Waals surface area contributed by atoms with Crippen LogP contribution >= 0.6 is 0 Å². The molecule has 5 aromatic carbocycles. The number of hydrogen-bond acceptors (Lipinski definition) is 4. The number of allylic oxidation sites excluding steroid dienone is 1. The molecule has 0 spiro atoms. The van der Waals surface area contributed by atoms with Gasteiger partial charge in [0.15, 0.2) is 0 Å². The van der Waals surface area contributed by atoms with Crippen molar-refractivity contribution in [1.29, 1.82) is 5.41 Å². The Morgan fingerprint density at radius 3 is 2.00 bits per heavy atom. The fraction of sp³-hybridized carbons (Fsp3) is 0. The molecule has 4 heteroatoms. The summed E-state index contributed by atoms with van der Waals surface area (Å²) in [6.45, 7) is 0. The highest BCUT2D eigenvalue weighted by Crippen LogP contribution is 2.38. The summed E-state index contributed by atoms with van der Waals surface area (Å²) in [5.41, 5.74) is 11.8. The van der Waals surface area contributed by atoms with Gasteiger partial charge < -0.3 is 5.32 Å². The molecule has 8 rings (SSSR count). The molecule has 4 nitrogen and oxygen atoms in total. The lowest BCUT2D eigenvalue weighted by atomic mass is 9.87. The van der Waals surface area contributed by atoms with Crippen LogP contribution in [0.1, 0.15) is 27.8 Å². The highest BCUT2D eigenvalue weighted by Gasteiger charge is 2.24.